The van der Waals surface area contributed by atoms with E-state index in [2.05, 4.69) is 15.7 Å². The van der Waals surface area contributed by atoms with Crippen molar-refractivity contribution in [3.8, 4) is 0 Å². The molecule has 0 unspecified atom stereocenters. The molecule has 2 N–H and O–H groups in total. The second-order valence-electron chi connectivity index (χ2n) is 11.5. The van der Waals surface area contributed by atoms with Crippen molar-refractivity contribution < 1.29 is 23.6 Å². The lowest BCUT2D eigenvalue weighted by molar-refractivity contribution is -0.127. The van der Waals surface area contributed by atoms with E-state index in [1.165, 1.54) is 6.07 Å². The van der Waals surface area contributed by atoms with E-state index in [0.29, 0.717) is 30.6 Å². The molecule has 230 valence electrons. The van der Waals surface area contributed by atoms with Gasteiger partial charge in [0, 0.05) is 32.0 Å². The predicted molar refractivity (Wildman–Crippen MR) is 160 cm³/mol. The quantitative estimate of drug-likeness (QED) is 0.310. The minimum Gasteiger partial charge on any atom is -0.346 e. The molecule has 42 heavy (non-hydrogen) atoms. The zero-order chi connectivity index (χ0) is 30.6. The maximum absolute atomic E-state index is 15.3. The van der Waals surface area contributed by atoms with Crippen molar-refractivity contribution in [2.45, 2.75) is 96.7 Å². The predicted octanol–water partition coefficient (Wildman–Crippen LogP) is 3.88. The molecule has 0 saturated heterocycles. The summed E-state index contributed by atoms with van der Waals surface area (Å²) in [5.41, 5.74) is 1.20. The summed E-state index contributed by atoms with van der Waals surface area (Å²) < 4.78 is 16.9. The number of halogens is 1. The number of rotatable bonds is 16. The SMILES string of the molecule is CCC(=O)N[C@H](Cc1ccc(CC(=O)[C@@H](NC(=O)c2ccnn2CC)C2CCCCC2)c(F)c1)C(=O)CCCN(C)C. The Morgan fingerprint density at radius 1 is 1.05 bits per heavy atom. The number of aromatic nitrogens is 2. The van der Waals surface area contributed by atoms with Crippen LogP contribution in [0.3, 0.4) is 0 Å². The van der Waals surface area contributed by atoms with E-state index in [-0.39, 0.29) is 54.1 Å². The average Bonchev–Trinajstić information content (AvgIpc) is 3.46. The largest absolute Gasteiger partial charge is 0.346 e. The zero-order valence-corrected chi connectivity index (χ0v) is 25.5. The Hall–Kier alpha value is -3.40. The fourth-order valence-corrected chi connectivity index (χ4v) is 5.60. The molecular formula is C32H46FN5O4. The number of carbonyl (C=O) groups excluding carboxylic acids is 4. The highest BCUT2D eigenvalue weighted by Crippen LogP contribution is 2.28. The van der Waals surface area contributed by atoms with Crippen LogP contribution in [0.2, 0.25) is 0 Å². The van der Waals surface area contributed by atoms with Crippen LogP contribution in [-0.2, 0) is 33.8 Å². The van der Waals surface area contributed by atoms with Crippen LogP contribution in [0.5, 0.6) is 0 Å². The first-order valence-corrected chi connectivity index (χ1v) is 15.2. The summed E-state index contributed by atoms with van der Waals surface area (Å²) >= 11 is 0. The molecular weight excluding hydrogens is 537 g/mol. The number of carbonyl (C=O) groups is 4. The summed E-state index contributed by atoms with van der Waals surface area (Å²) in [4.78, 5) is 53.7. The van der Waals surface area contributed by atoms with Crippen LogP contribution in [0.25, 0.3) is 0 Å². The van der Waals surface area contributed by atoms with Gasteiger partial charge in [-0.15, -0.1) is 0 Å². The molecule has 3 rings (SSSR count). The van der Waals surface area contributed by atoms with Gasteiger partial charge in [0.15, 0.2) is 11.6 Å². The highest BCUT2D eigenvalue weighted by molar-refractivity contribution is 5.97. The third-order valence-electron chi connectivity index (χ3n) is 8.00. The van der Waals surface area contributed by atoms with Crippen LogP contribution in [0.15, 0.2) is 30.5 Å². The number of hydrogen-bond acceptors (Lipinski definition) is 6. The maximum atomic E-state index is 15.3. The van der Waals surface area contributed by atoms with Crippen LogP contribution < -0.4 is 10.6 Å². The van der Waals surface area contributed by atoms with E-state index in [0.717, 1.165) is 38.6 Å². The Kier molecular flexibility index (Phi) is 12.8. The summed E-state index contributed by atoms with van der Waals surface area (Å²) in [5.74, 6) is -1.45. The van der Waals surface area contributed by atoms with Gasteiger partial charge in [-0.05, 0) is 82.4 Å². The number of Topliss-reactive ketones (excluding diaryl/α,β-unsaturated/α-hetero) is 2. The molecule has 1 heterocycles. The molecule has 2 aromatic rings. The van der Waals surface area contributed by atoms with Crippen LogP contribution >= 0.6 is 0 Å². The first-order chi connectivity index (χ1) is 20.1. The fraction of sp³-hybridized carbons (Fsp3) is 0.594. The molecule has 2 atom stereocenters. The topological polar surface area (TPSA) is 113 Å². The molecule has 1 saturated carbocycles. The fourth-order valence-electron chi connectivity index (χ4n) is 5.60. The van der Waals surface area contributed by atoms with Crippen LogP contribution in [0, 0.1) is 11.7 Å². The monoisotopic (exact) mass is 583 g/mol. The van der Waals surface area contributed by atoms with Gasteiger partial charge in [-0.3, -0.25) is 23.9 Å². The molecule has 0 aliphatic heterocycles. The number of aryl methyl sites for hydroxylation is 1. The van der Waals surface area contributed by atoms with Gasteiger partial charge in [0.05, 0.1) is 12.1 Å². The van der Waals surface area contributed by atoms with Crippen LogP contribution in [0.1, 0.15) is 86.8 Å². The smallest absolute Gasteiger partial charge is 0.270 e. The Labute approximate surface area is 248 Å². The minimum atomic E-state index is -0.742. The molecule has 0 spiro atoms. The number of amides is 2. The third-order valence-corrected chi connectivity index (χ3v) is 8.00. The Morgan fingerprint density at radius 3 is 2.43 bits per heavy atom. The van der Waals surface area contributed by atoms with E-state index < -0.39 is 17.9 Å². The molecule has 0 radical (unpaired) electrons. The summed E-state index contributed by atoms with van der Waals surface area (Å²) in [6.45, 7) is 4.89. The number of benzene rings is 1. The van der Waals surface area contributed by atoms with Gasteiger partial charge in [0.25, 0.3) is 5.91 Å². The normalized spacial score (nSPS) is 15.3. The van der Waals surface area contributed by atoms with Crippen molar-refractivity contribution in [3.63, 3.8) is 0 Å². The average molecular weight is 584 g/mol. The lowest BCUT2D eigenvalue weighted by Gasteiger charge is -2.30. The maximum Gasteiger partial charge on any atom is 0.270 e. The number of ketones is 2. The first kappa shape index (κ1) is 33.1. The molecule has 2 amide bonds. The summed E-state index contributed by atoms with van der Waals surface area (Å²) in [7, 11) is 3.87. The van der Waals surface area contributed by atoms with E-state index >= 15 is 4.39 Å². The summed E-state index contributed by atoms with van der Waals surface area (Å²) in [5, 5.41) is 9.89. The van der Waals surface area contributed by atoms with Gasteiger partial charge in [0.1, 0.15) is 11.5 Å². The highest BCUT2D eigenvalue weighted by Gasteiger charge is 2.32. The Bertz CT molecular complexity index is 1220. The molecule has 1 aromatic heterocycles. The second kappa shape index (κ2) is 16.3. The Balaban J connectivity index is 1.73. The standard InChI is InChI=1S/C32H46FN5O4/c1-5-30(41)35-26(28(39)13-10-18-37(3)4)20-22-14-15-24(25(33)19-22)21-29(40)31(23-11-8-7-9-12-23)36-32(42)27-16-17-34-38(27)6-2/h14-17,19,23,26,31H,5-13,18,20-21H2,1-4H3,(H,35,41)(H,36,42)/t26-,31+/m1/s1. The summed E-state index contributed by atoms with van der Waals surface area (Å²) in [6, 6.07) is 4.79. The van der Waals surface area contributed by atoms with Crippen LogP contribution in [-0.4, -0.2) is 70.8 Å². The second-order valence-corrected chi connectivity index (χ2v) is 11.5. The van der Waals surface area contributed by atoms with Crippen molar-refractivity contribution >= 4 is 23.4 Å². The van der Waals surface area contributed by atoms with E-state index in [1.807, 2.05) is 25.9 Å². The lowest BCUT2D eigenvalue weighted by atomic mass is 9.81. The molecule has 1 fully saturated rings. The first-order valence-electron chi connectivity index (χ1n) is 15.2. The lowest BCUT2D eigenvalue weighted by Crippen LogP contribution is -2.47. The number of nitrogens with zero attached hydrogens (tertiary/aromatic N) is 3. The van der Waals surface area contributed by atoms with Gasteiger partial charge in [-0.1, -0.05) is 38.3 Å². The molecule has 10 heteroatoms. The molecule has 0 bridgehead atoms. The summed E-state index contributed by atoms with van der Waals surface area (Å²) in [6.07, 6.45) is 7.55. The van der Waals surface area contributed by atoms with Crippen molar-refractivity contribution in [1.82, 2.24) is 25.3 Å². The highest BCUT2D eigenvalue weighted by atomic mass is 19.1. The zero-order valence-electron chi connectivity index (χ0n) is 25.5. The van der Waals surface area contributed by atoms with Gasteiger partial charge >= 0.3 is 0 Å². The minimum absolute atomic E-state index is 0.00280. The van der Waals surface area contributed by atoms with Crippen molar-refractivity contribution in [2.24, 2.45) is 5.92 Å². The Morgan fingerprint density at radius 2 is 1.79 bits per heavy atom. The van der Waals surface area contributed by atoms with Gasteiger partial charge in [-0.2, -0.15) is 5.10 Å². The van der Waals surface area contributed by atoms with E-state index in [9.17, 15) is 19.2 Å². The number of nitrogens with one attached hydrogen (secondary N) is 2. The molecule has 1 aliphatic carbocycles. The van der Waals surface area contributed by atoms with Crippen molar-refractivity contribution in [3.05, 3.63) is 53.1 Å². The van der Waals surface area contributed by atoms with E-state index in [4.69, 9.17) is 0 Å². The molecule has 1 aromatic carbocycles. The van der Waals surface area contributed by atoms with Crippen LogP contribution in [0.4, 0.5) is 4.39 Å². The van der Waals surface area contributed by atoms with Gasteiger partial charge in [0.2, 0.25) is 5.91 Å². The van der Waals surface area contributed by atoms with Crippen molar-refractivity contribution in [1.29, 1.82) is 0 Å². The van der Waals surface area contributed by atoms with Gasteiger partial charge in [-0.25, -0.2) is 4.39 Å². The molecule has 9 nitrogen and oxygen atoms in total. The van der Waals surface area contributed by atoms with Crippen molar-refractivity contribution in [2.75, 3.05) is 20.6 Å². The third kappa shape index (κ3) is 9.58. The van der Waals surface area contributed by atoms with Gasteiger partial charge < -0.3 is 15.5 Å². The molecule has 1 aliphatic rings. The number of hydrogen-bond donors (Lipinski definition) is 2. The van der Waals surface area contributed by atoms with E-state index in [1.54, 1.807) is 36.0 Å².